The van der Waals surface area contributed by atoms with Crippen LogP contribution in [0.4, 0.5) is 0 Å². The molecule has 0 fully saturated rings. The number of rotatable bonds is 7. The lowest BCUT2D eigenvalue weighted by molar-refractivity contribution is -0.230. The van der Waals surface area contributed by atoms with Gasteiger partial charge >= 0.3 is 0 Å². The van der Waals surface area contributed by atoms with E-state index in [2.05, 4.69) is 0 Å². The third kappa shape index (κ3) is 5.58. The molecule has 0 aliphatic carbocycles. The highest BCUT2D eigenvalue weighted by Gasteiger charge is 2.26. The van der Waals surface area contributed by atoms with Crippen LogP contribution in [-0.2, 0) is 23.8 Å². The smallest absolute Gasteiger partial charge is 0.264 e. The molecule has 0 saturated carbocycles. The van der Waals surface area contributed by atoms with E-state index in [1.807, 2.05) is 31.2 Å². The Morgan fingerprint density at radius 1 is 1.25 bits per heavy atom. The van der Waals surface area contributed by atoms with Crippen molar-refractivity contribution in [2.45, 2.75) is 32.7 Å². The average Bonchev–Trinajstić information content (AvgIpc) is 2.34. The summed E-state index contributed by atoms with van der Waals surface area (Å²) in [4.78, 5) is 0. The highest BCUT2D eigenvalue weighted by molar-refractivity contribution is 7.85. The van der Waals surface area contributed by atoms with Gasteiger partial charge in [-0.2, -0.15) is 8.42 Å². The Labute approximate surface area is 121 Å². The maximum Gasteiger partial charge on any atom is 0.264 e. The maximum atomic E-state index is 11.2. The third-order valence-electron chi connectivity index (χ3n) is 2.89. The molecule has 0 aromatic heterocycles. The second-order valence-corrected chi connectivity index (χ2v) is 6.70. The maximum absolute atomic E-state index is 11.2. The van der Waals surface area contributed by atoms with Crippen LogP contribution in [-0.4, -0.2) is 34.2 Å². The van der Waals surface area contributed by atoms with E-state index in [1.54, 1.807) is 13.8 Å². The summed E-state index contributed by atoms with van der Waals surface area (Å²) in [5.41, 5.74) is 1.88. The van der Waals surface area contributed by atoms with Crippen molar-refractivity contribution < 1.29 is 22.1 Å². The summed E-state index contributed by atoms with van der Waals surface area (Å²) in [6.07, 6.45) is 0.490. The molecule has 0 N–H and O–H groups in total. The van der Waals surface area contributed by atoms with Gasteiger partial charge in [-0.25, -0.2) is 0 Å². The number of hydrogen-bond acceptors (Lipinski definition) is 5. The van der Waals surface area contributed by atoms with Crippen LogP contribution in [0.25, 0.3) is 0 Å². The lowest BCUT2D eigenvalue weighted by Gasteiger charge is -2.30. The fourth-order valence-corrected chi connectivity index (χ4v) is 2.08. The van der Waals surface area contributed by atoms with Crippen LogP contribution in [0.2, 0.25) is 0 Å². The molecule has 6 heteroatoms. The molecule has 1 atom stereocenters. The van der Waals surface area contributed by atoms with Crippen molar-refractivity contribution >= 4 is 10.1 Å². The van der Waals surface area contributed by atoms with Gasteiger partial charge in [-0.1, -0.05) is 24.3 Å². The molecule has 0 amide bonds. The van der Waals surface area contributed by atoms with E-state index < -0.39 is 22.0 Å². The van der Waals surface area contributed by atoms with Crippen molar-refractivity contribution in [1.29, 1.82) is 0 Å². The molecule has 5 nitrogen and oxygen atoms in total. The highest BCUT2D eigenvalue weighted by atomic mass is 32.2. The summed E-state index contributed by atoms with van der Waals surface area (Å²) in [6, 6.07) is 7.61. The zero-order valence-corrected chi connectivity index (χ0v) is 13.4. The van der Waals surface area contributed by atoms with Crippen LogP contribution in [0.15, 0.2) is 24.3 Å². The third-order valence-corrected chi connectivity index (χ3v) is 3.45. The van der Waals surface area contributed by atoms with Crippen LogP contribution in [0.3, 0.4) is 0 Å². The monoisotopic (exact) mass is 302 g/mol. The van der Waals surface area contributed by atoms with Crippen LogP contribution >= 0.6 is 0 Å². The van der Waals surface area contributed by atoms with E-state index in [0.29, 0.717) is 0 Å². The Morgan fingerprint density at radius 3 is 2.35 bits per heavy atom. The van der Waals surface area contributed by atoms with Crippen molar-refractivity contribution in [3.05, 3.63) is 35.4 Å². The summed E-state index contributed by atoms with van der Waals surface area (Å²) in [5.74, 6) is -0.839. The van der Waals surface area contributed by atoms with E-state index in [9.17, 15) is 8.42 Å². The number of ether oxygens (including phenoxy) is 2. The minimum Gasteiger partial charge on any atom is -0.354 e. The van der Waals surface area contributed by atoms with Crippen molar-refractivity contribution in [1.82, 2.24) is 0 Å². The van der Waals surface area contributed by atoms with Gasteiger partial charge in [0.1, 0.15) is 6.10 Å². The summed E-state index contributed by atoms with van der Waals surface area (Å²) >= 11 is 0. The molecule has 1 rings (SSSR count). The predicted molar refractivity (Wildman–Crippen MR) is 76.9 cm³/mol. The van der Waals surface area contributed by atoms with Gasteiger partial charge in [0, 0.05) is 7.11 Å². The zero-order chi connectivity index (χ0) is 15.4. The molecule has 0 saturated heterocycles. The van der Waals surface area contributed by atoms with Gasteiger partial charge < -0.3 is 9.47 Å². The zero-order valence-electron chi connectivity index (χ0n) is 12.5. The number of methoxy groups -OCH3 is 1. The van der Waals surface area contributed by atoms with Crippen LogP contribution in [0, 0.1) is 6.92 Å². The molecule has 1 unspecified atom stereocenters. The minimum atomic E-state index is -3.52. The Balaban J connectivity index is 2.99. The van der Waals surface area contributed by atoms with Crippen molar-refractivity contribution in [2.24, 2.45) is 0 Å². The average molecular weight is 302 g/mol. The standard InChI is InChI=1S/C14H22O5S/c1-11-8-6-7-9-12(11)13(10-18-20(5,15)16)19-14(2,3)17-4/h6-9,13H,10H2,1-5H3. The van der Waals surface area contributed by atoms with Crippen molar-refractivity contribution in [3.63, 3.8) is 0 Å². The Kier molecular flexibility index (Phi) is 5.70. The lowest BCUT2D eigenvalue weighted by Crippen LogP contribution is -2.31. The fourth-order valence-electron chi connectivity index (χ4n) is 1.71. The second kappa shape index (κ2) is 6.67. The Bertz CT molecular complexity index is 536. The van der Waals surface area contributed by atoms with Crippen molar-refractivity contribution in [2.75, 3.05) is 20.0 Å². The first-order chi connectivity index (χ1) is 9.14. The molecule has 0 aliphatic rings. The molecule has 0 aliphatic heterocycles. The van der Waals surface area contributed by atoms with E-state index in [1.165, 1.54) is 7.11 Å². The summed E-state index contributed by atoms with van der Waals surface area (Å²) < 4.78 is 38.3. The molecular weight excluding hydrogens is 280 g/mol. The van der Waals surface area contributed by atoms with Crippen molar-refractivity contribution in [3.8, 4) is 0 Å². The molecule has 0 heterocycles. The quantitative estimate of drug-likeness (QED) is 0.572. The first-order valence-corrected chi connectivity index (χ1v) is 8.09. The van der Waals surface area contributed by atoms with Crippen LogP contribution in [0.1, 0.15) is 31.1 Å². The second-order valence-electron chi connectivity index (χ2n) is 5.06. The molecule has 20 heavy (non-hydrogen) atoms. The van der Waals surface area contributed by atoms with Gasteiger partial charge in [0.05, 0.1) is 12.9 Å². The Hall–Kier alpha value is -0.950. The minimum absolute atomic E-state index is 0.0868. The number of hydrogen-bond donors (Lipinski definition) is 0. The van der Waals surface area contributed by atoms with Crippen LogP contribution in [0.5, 0.6) is 0 Å². The number of benzene rings is 1. The fraction of sp³-hybridized carbons (Fsp3) is 0.571. The SMILES string of the molecule is COC(C)(C)OC(COS(C)(=O)=O)c1ccccc1C. The Morgan fingerprint density at radius 2 is 1.85 bits per heavy atom. The summed E-state index contributed by atoms with van der Waals surface area (Å²) in [6.45, 7) is 5.37. The molecule has 1 aromatic carbocycles. The topological polar surface area (TPSA) is 61.8 Å². The van der Waals surface area contributed by atoms with Gasteiger partial charge in [0.15, 0.2) is 5.79 Å². The first kappa shape index (κ1) is 17.1. The van der Waals surface area contributed by atoms with Gasteiger partial charge in [-0.05, 0) is 31.9 Å². The van der Waals surface area contributed by atoms with Gasteiger partial charge in [-0.3, -0.25) is 4.18 Å². The normalized spacial score (nSPS) is 14.2. The molecule has 0 bridgehead atoms. The number of aryl methyl sites for hydroxylation is 1. The van der Waals surface area contributed by atoms with E-state index in [4.69, 9.17) is 13.7 Å². The van der Waals surface area contributed by atoms with E-state index in [-0.39, 0.29) is 6.61 Å². The highest BCUT2D eigenvalue weighted by Crippen LogP contribution is 2.27. The molecular formula is C14H22O5S. The van der Waals surface area contributed by atoms with E-state index >= 15 is 0 Å². The van der Waals surface area contributed by atoms with Crippen LogP contribution < -0.4 is 0 Å². The first-order valence-electron chi connectivity index (χ1n) is 6.27. The predicted octanol–water partition coefficient (Wildman–Crippen LogP) is 2.41. The molecule has 1 aromatic rings. The lowest BCUT2D eigenvalue weighted by atomic mass is 10.0. The van der Waals surface area contributed by atoms with Gasteiger partial charge in [0.25, 0.3) is 10.1 Å². The van der Waals surface area contributed by atoms with Gasteiger partial charge in [0.2, 0.25) is 0 Å². The molecule has 0 radical (unpaired) electrons. The van der Waals surface area contributed by atoms with Gasteiger partial charge in [-0.15, -0.1) is 0 Å². The molecule has 0 spiro atoms. The molecule has 114 valence electrons. The van der Waals surface area contributed by atoms with E-state index in [0.717, 1.165) is 17.4 Å². The summed E-state index contributed by atoms with van der Waals surface area (Å²) in [5, 5.41) is 0. The summed E-state index contributed by atoms with van der Waals surface area (Å²) in [7, 11) is -1.99. The largest absolute Gasteiger partial charge is 0.354 e.